The van der Waals surface area contributed by atoms with Gasteiger partial charge in [0.05, 0.1) is 23.4 Å². The van der Waals surface area contributed by atoms with Gasteiger partial charge >= 0.3 is 0 Å². The van der Waals surface area contributed by atoms with Crippen LogP contribution in [-0.4, -0.2) is 31.3 Å². The van der Waals surface area contributed by atoms with Gasteiger partial charge in [-0.25, -0.2) is 9.67 Å². The Bertz CT molecular complexity index is 815. The lowest BCUT2D eigenvalue weighted by atomic mass is 10.2. The van der Waals surface area contributed by atoms with Gasteiger partial charge in [-0.2, -0.15) is 5.10 Å². The highest BCUT2D eigenvalue weighted by Gasteiger charge is 2.08. The van der Waals surface area contributed by atoms with Crippen LogP contribution in [0.25, 0.3) is 5.69 Å². The van der Waals surface area contributed by atoms with Gasteiger partial charge in [0.15, 0.2) is 0 Å². The lowest BCUT2D eigenvalue weighted by molar-refractivity contribution is 0.310. The van der Waals surface area contributed by atoms with Crippen molar-refractivity contribution in [3.8, 4) is 5.69 Å². The van der Waals surface area contributed by atoms with Crippen molar-refractivity contribution in [2.75, 3.05) is 7.05 Å². The molecule has 0 bridgehead atoms. The minimum absolute atomic E-state index is 0.887. The van der Waals surface area contributed by atoms with Gasteiger partial charge in [0, 0.05) is 31.5 Å². The Balaban J connectivity index is 1.73. The van der Waals surface area contributed by atoms with Gasteiger partial charge in [-0.3, -0.25) is 4.90 Å². The van der Waals surface area contributed by atoms with E-state index in [-0.39, 0.29) is 0 Å². The number of aromatic nitrogens is 4. The third-order valence-electron chi connectivity index (χ3n) is 4.19. The molecule has 24 heavy (non-hydrogen) atoms. The Hall–Kier alpha value is -2.40. The predicted octanol–water partition coefficient (Wildman–Crippen LogP) is 3.34. The quantitative estimate of drug-likeness (QED) is 0.698. The van der Waals surface area contributed by atoms with Crippen molar-refractivity contribution >= 4 is 0 Å². The van der Waals surface area contributed by atoms with Crippen LogP contribution in [0.1, 0.15) is 29.6 Å². The summed E-state index contributed by atoms with van der Waals surface area (Å²) in [5, 5.41) is 4.58. The fraction of sp³-hybridized carbons (Fsp3) is 0.368. The highest BCUT2D eigenvalue weighted by molar-refractivity contribution is 5.37. The topological polar surface area (TPSA) is 38.9 Å². The summed E-state index contributed by atoms with van der Waals surface area (Å²) < 4.78 is 4.19. The van der Waals surface area contributed by atoms with Gasteiger partial charge in [0.25, 0.3) is 0 Å². The fourth-order valence-electron chi connectivity index (χ4n) is 3.09. The van der Waals surface area contributed by atoms with Crippen molar-refractivity contribution in [2.24, 2.45) is 0 Å². The maximum atomic E-state index is 4.58. The molecule has 0 saturated carbocycles. The number of hydrogen-bond acceptors (Lipinski definition) is 3. The molecule has 0 aliphatic heterocycles. The molecule has 2 aromatic heterocycles. The van der Waals surface area contributed by atoms with E-state index in [2.05, 4.69) is 70.8 Å². The SMILES string of the molecule is CCn1cncc1CN(C)Cc1cccc(-n2nc(C)cc2C)c1. The molecule has 0 atom stereocenters. The maximum absolute atomic E-state index is 4.58. The molecule has 5 heteroatoms. The molecule has 0 N–H and O–H groups in total. The molecule has 0 saturated heterocycles. The highest BCUT2D eigenvalue weighted by atomic mass is 15.3. The summed E-state index contributed by atoms with van der Waals surface area (Å²) >= 11 is 0. The average Bonchev–Trinajstić information content (AvgIpc) is 3.13. The second kappa shape index (κ2) is 7.01. The molecule has 1 aromatic carbocycles. The van der Waals surface area contributed by atoms with Gasteiger partial charge in [-0.05, 0) is 51.6 Å². The summed E-state index contributed by atoms with van der Waals surface area (Å²) in [5.74, 6) is 0. The van der Waals surface area contributed by atoms with Gasteiger partial charge in [-0.1, -0.05) is 12.1 Å². The Kier molecular flexibility index (Phi) is 4.81. The molecule has 0 aliphatic rings. The first-order valence-corrected chi connectivity index (χ1v) is 8.37. The first kappa shape index (κ1) is 16.5. The second-order valence-electron chi connectivity index (χ2n) is 6.35. The number of aryl methyl sites for hydroxylation is 3. The highest BCUT2D eigenvalue weighted by Crippen LogP contribution is 2.15. The van der Waals surface area contributed by atoms with Gasteiger partial charge < -0.3 is 4.57 Å². The molecule has 126 valence electrons. The van der Waals surface area contributed by atoms with E-state index in [0.717, 1.165) is 36.7 Å². The van der Waals surface area contributed by atoms with Crippen molar-refractivity contribution in [1.82, 2.24) is 24.2 Å². The zero-order chi connectivity index (χ0) is 17.1. The lowest BCUT2D eigenvalue weighted by Gasteiger charge is -2.18. The summed E-state index contributed by atoms with van der Waals surface area (Å²) in [6, 6.07) is 10.7. The Labute approximate surface area is 143 Å². The second-order valence-corrected chi connectivity index (χ2v) is 6.35. The summed E-state index contributed by atoms with van der Waals surface area (Å²) in [7, 11) is 2.14. The standard InChI is InChI=1S/C19H25N5/c1-5-23-14-20-11-19(23)13-22(4)12-17-7-6-8-18(10-17)24-16(3)9-15(2)21-24/h6-11,14H,5,12-13H2,1-4H3. The first-order chi connectivity index (χ1) is 11.6. The van der Waals surface area contributed by atoms with Crippen LogP contribution in [0.4, 0.5) is 0 Å². The van der Waals surface area contributed by atoms with E-state index in [9.17, 15) is 0 Å². The third-order valence-corrected chi connectivity index (χ3v) is 4.19. The molecule has 0 radical (unpaired) electrons. The average molecular weight is 323 g/mol. The zero-order valence-electron chi connectivity index (χ0n) is 14.9. The van der Waals surface area contributed by atoms with E-state index in [0.29, 0.717) is 0 Å². The van der Waals surface area contributed by atoms with Crippen LogP contribution in [0.2, 0.25) is 0 Å². The molecular weight excluding hydrogens is 298 g/mol. The molecular formula is C19H25N5. The van der Waals surface area contributed by atoms with E-state index in [1.54, 1.807) is 0 Å². The first-order valence-electron chi connectivity index (χ1n) is 8.37. The van der Waals surface area contributed by atoms with E-state index in [1.807, 2.05) is 24.1 Å². The minimum Gasteiger partial charge on any atom is -0.334 e. The smallest absolute Gasteiger partial charge is 0.0948 e. The third kappa shape index (κ3) is 3.57. The molecule has 3 rings (SSSR count). The zero-order valence-corrected chi connectivity index (χ0v) is 14.9. The van der Waals surface area contributed by atoms with Crippen LogP contribution in [0, 0.1) is 13.8 Å². The molecule has 0 aliphatic carbocycles. The van der Waals surface area contributed by atoms with Crippen molar-refractivity contribution in [3.63, 3.8) is 0 Å². The number of benzene rings is 1. The van der Waals surface area contributed by atoms with E-state index in [4.69, 9.17) is 0 Å². The monoisotopic (exact) mass is 323 g/mol. The Morgan fingerprint density at radius 3 is 2.67 bits per heavy atom. The minimum atomic E-state index is 0.887. The van der Waals surface area contributed by atoms with Crippen LogP contribution in [-0.2, 0) is 19.6 Å². The number of imidazole rings is 1. The van der Waals surface area contributed by atoms with E-state index >= 15 is 0 Å². The largest absolute Gasteiger partial charge is 0.334 e. The van der Waals surface area contributed by atoms with Crippen LogP contribution < -0.4 is 0 Å². The van der Waals surface area contributed by atoms with Crippen LogP contribution in [0.5, 0.6) is 0 Å². The molecule has 0 spiro atoms. The van der Waals surface area contributed by atoms with Crippen molar-refractivity contribution < 1.29 is 0 Å². The van der Waals surface area contributed by atoms with E-state index < -0.39 is 0 Å². The summed E-state index contributed by atoms with van der Waals surface area (Å²) in [5.41, 5.74) is 5.85. The number of nitrogens with zero attached hydrogens (tertiary/aromatic N) is 5. The summed E-state index contributed by atoms with van der Waals surface area (Å²) in [6.07, 6.45) is 3.85. The van der Waals surface area contributed by atoms with Crippen LogP contribution >= 0.6 is 0 Å². The maximum Gasteiger partial charge on any atom is 0.0948 e. The fourth-order valence-corrected chi connectivity index (χ4v) is 3.09. The van der Waals surface area contributed by atoms with Crippen LogP contribution in [0.3, 0.4) is 0 Å². The summed E-state index contributed by atoms with van der Waals surface area (Å²) in [4.78, 5) is 6.55. The van der Waals surface area contributed by atoms with E-state index in [1.165, 1.54) is 11.3 Å². The summed E-state index contributed by atoms with van der Waals surface area (Å²) in [6.45, 7) is 8.99. The predicted molar refractivity (Wildman–Crippen MR) is 96.1 cm³/mol. The lowest BCUT2D eigenvalue weighted by Crippen LogP contribution is -2.19. The van der Waals surface area contributed by atoms with Crippen molar-refractivity contribution in [1.29, 1.82) is 0 Å². The molecule has 0 unspecified atom stereocenters. The van der Waals surface area contributed by atoms with Gasteiger partial charge in [-0.15, -0.1) is 0 Å². The van der Waals surface area contributed by atoms with Crippen molar-refractivity contribution in [2.45, 2.75) is 40.4 Å². The normalized spacial score (nSPS) is 11.4. The van der Waals surface area contributed by atoms with Gasteiger partial charge in [0.1, 0.15) is 0 Å². The molecule has 3 aromatic rings. The van der Waals surface area contributed by atoms with Crippen LogP contribution in [0.15, 0.2) is 42.9 Å². The molecule has 5 nitrogen and oxygen atoms in total. The molecule has 0 fully saturated rings. The Morgan fingerprint density at radius 2 is 1.96 bits per heavy atom. The molecule has 2 heterocycles. The Morgan fingerprint density at radius 1 is 1.12 bits per heavy atom. The van der Waals surface area contributed by atoms with Crippen molar-refractivity contribution in [3.05, 3.63) is 65.5 Å². The number of rotatable bonds is 6. The molecule has 0 amide bonds. The number of hydrogen-bond donors (Lipinski definition) is 0. The van der Waals surface area contributed by atoms with Gasteiger partial charge in [0.2, 0.25) is 0 Å².